The van der Waals surface area contributed by atoms with Crippen molar-refractivity contribution < 1.29 is 13.6 Å². The van der Waals surface area contributed by atoms with Crippen molar-refractivity contribution in [1.29, 1.82) is 0 Å². The first-order valence-corrected chi connectivity index (χ1v) is 7.21. The maximum atomic E-state index is 12.3. The zero-order valence-electron chi connectivity index (χ0n) is 10.1. The molecule has 0 saturated heterocycles. The molecule has 0 saturated carbocycles. The van der Waals surface area contributed by atoms with Gasteiger partial charge in [0.2, 0.25) is 9.84 Å². The normalized spacial score (nSPS) is 20.8. The van der Waals surface area contributed by atoms with Crippen LogP contribution >= 0.6 is 0 Å². The number of oxime groups is 1. The minimum absolute atomic E-state index is 0.0107. The molecular weight excluding hydrogens is 250 g/mol. The van der Waals surface area contributed by atoms with Gasteiger partial charge < -0.3 is 5.21 Å². The third-order valence-electron chi connectivity index (χ3n) is 3.22. The summed E-state index contributed by atoms with van der Waals surface area (Å²) in [5.41, 5.74) is 0.574. The minimum atomic E-state index is -3.39. The van der Waals surface area contributed by atoms with Crippen LogP contribution in [0, 0.1) is 5.92 Å². The smallest absolute Gasteiger partial charge is 0.202 e. The van der Waals surface area contributed by atoms with E-state index in [1.807, 2.05) is 0 Å². The molecule has 18 heavy (non-hydrogen) atoms. The van der Waals surface area contributed by atoms with E-state index < -0.39 is 9.84 Å². The first-order chi connectivity index (χ1) is 8.55. The molecular formula is C13H15NO3S. The van der Waals surface area contributed by atoms with Crippen LogP contribution in [0.5, 0.6) is 0 Å². The molecule has 0 spiro atoms. The summed E-state index contributed by atoms with van der Waals surface area (Å²) in [5, 5.41) is 11.9. The largest absolute Gasteiger partial charge is 0.411 e. The van der Waals surface area contributed by atoms with Crippen molar-refractivity contribution in [2.24, 2.45) is 11.1 Å². The summed E-state index contributed by atoms with van der Waals surface area (Å²) in [6.07, 6.45) is 2.74. The average molecular weight is 265 g/mol. The molecule has 5 heteroatoms. The standard InChI is InChI=1S/C13H15NO3S/c1-10(14-15)11-7-8-13(9-11)18(16,17)12-5-3-2-4-6-12/h2-6,8,11,15H,7,9H2,1H3/b14-10+. The van der Waals surface area contributed by atoms with E-state index in [9.17, 15) is 8.42 Å². The zero-order chi connectivity index (χ0) is 13.2. The van der Waals surface area contributed by atoms with E-state index in [0.29, 0.717) is 28.4 Å². The number of rotatable bonds is 3. The Morgan fingerprint density at radius 3 is 2.61 bits per heavy atom. The van der Waals surface area contributed by atoms with Gasteiger partial charge in [-0.3, -0.25) is 0 Å². The molecule has 1 atom stereocenters. The van der Waals surface area contributed by atoms with Crippen molar-refractivity contribution in [3.8, 4) is 0 Å². The van der Waals surface area contributed by atoms with Gasteiger partial charge in [-0.05, 0) is 31.9 Å². The molecule has 1 unspecified atom stereocenters. The fourth-order valence-electron chi connectivity index (χ4n) is 2.05. The lowest BCUT2D eigenvalue weighted by Crippen LogP contribution is -2.10. The molecule has 1 aliphatic rings. The van der Waals surface area contributed by atoms with Gasteiger partial charge in [0.25, 0.3) is 0 Å². The Balaban J connectivity index is 2.25. The predicted octanol–water partition coefficient (Wildman–Crippen LogP) is 2.60. The van der Waals surface area contributed by atoms with Gasteiger partial charge in [0.05, 0.1) is 10.6 Å². The number of hydrogen-bond acceptors (Lipinski definition) is 4. The fourth-order valence-corrected chi connectivity index (χ4v) is 3.61. The fraction of sp³-hybridized carbons (Fsp3) is 0.308. The summed E-state index contributed by atoms with van der Waals surface area (Å²) < 4.78 is 24.6. The average Bonchev–Trinajstić information content (AvgIpc) is 2.89. The van der Waals surface area contributed by atoms with Gasteiger partial charge >= 0.3 is 0 Å². The van der Waals surface area contributed by atoms with Gasteiger partial charge in [-0.1, -0.05) is 29.4 Å². The highest BCUT2D eigenvalue weighted by Gasteiger charge is 2.29. The summed E-state index contributed by atoms with van der Waals surface area (Å²) in [5.74, 6) is -0.0107. The van der Waals surface area contributed by atoms with Gasteiger partial charge in [-0.2, -0.15) is 0 Å². The number of allylic oxidation sites excluding steroid dienone is 2. The first kappa shape index (κ1) is 12.8. The Morgan fingerprint density at radius 1 is 1.33 bits per heavy atom. The number of benzene rings is 1. The van der Waals surface area contributed by atoms with E-state index in [4.69, 9.17) is 5.21 Å². The highest BCUT2D eigenvalue weighted by molar-refractivity contribution is 7.95. The second-order valence-electron chi connectivity index (χ2n) is 4.37. The SMILES string of the molecule is C/C(=N\O)C1CC=C(S(=O)(=O)c2ccccc2)C1. The van der Waals surface area contributed by atoms with Crippen molar-refractivity contribution in [2.75, 3.05) is 0 Å². The Kier molecular flexibility index (Phi) is 3.52. The van der Waals surface area contributed by atoms with Crippen molar-refractivity contribution >= 4 is 15.5 Å². The molecule has 1 aromatic rings. The lowest BCUT2D eigenvalue weighted by Gasteiger charge is -2.09. The summed E-state index contributed by atoms with van der Waals surface area (Å²) in [7, 11) is -3.39. The second kappa shape index (κ2) is 4.94. The van der Waals surface area contributed by atoms with Crippen LogP contribution in [0.15, 0.2) is 51.4 Å². The molecule has 2 rings (SSSR count). The Morgan fingerprint density at radius 2 is 2.00 bits per heavy atom. The van der Waals surface area contributed by atoms with Gasteiger partial charge in [-0.15, -0.1) is 0 Å². The minimum Gasteiger partial charge on any atom is -0.411 e. The van der Waals surface area contributed by atoms with Crippen molar-refractivity contribution in [2.45, 2.75) is 24.7 Å². The van der Waals surface area contributed by atoms with Crippen LogP contribution in [0.3, 0.4) is 0 Å². The quantitative estimate of drug-likeness (QED) is 0.519. The maximum Gasteiger partial charge on any atom is 0.202 e. The second-order valence-corrected chi connectivity index (χ2v) is 6.37. The van der Waals surface area contributed by atoms with E-state index in [0.717, 1.165) is 0 Å². The van der Waals surface area contributed by atoms with Gasteiger partial charge in [0.1, 0.15) is 0 Å². The monoisotopic (exact) mass is 265 g/mol. The Labute approximate surface area is 107 Å². The molecule has 1 N–H and O–H groups in total. The molecule has 1 aromatic carbocycles. The van der Waals surface area contributed by atoms with Gasteiger partial charge in [0.15, 0.2) is 0 Å². The highest BCUT2D eigenvalue weighted by atomic mass is 32.2. The molecule has 1 aliphatic carbocycles. The molecule has 96 valence electrons. The predicted molar refractivity (Wildman–Crippen MR) is 69.3 cm³/mol. The van der Waals surface area contributed by atoms with Gasteiger partial charge in [0, 0.05) is 10.8 Å². The van der Waals surface area contributed by atoms with E-state index in [-0.39, 0.29) is 5.92 Å². The molecule has 0 radical (unpaired) electrons. The van der Waals surface area contributed by atoms with Crippen LogP contribution in [0.1, 0.15) is 19.8 Å². The van der Waals surface area contributed by atoms with E-state index in [1.54, 1.807) is 43.3 Å². The van der Waals surface area contributed by atoms with Crippen LogP contribution < -0.4 is 0 Å². The molecule has 0 bridgehead atoms. The summed E-state index contributed by atoms with van der Waals surface area (Å²) >= 11 is 0. The van der Waals surface area contributed by atoms with Crippen LogP contribution in [0.2, 0.25) is 0 Å². The molecule has 0 fully saturated rings. The van der Waals surface area contributed by atoms with Crippen molar-refractivity contribution in [1.82, 2.24) is 0 Å². The first-order valence-electron chi connectivity index (χ1n) is 5.73. The van der Waals surface area contributed by atoms with Gasteiger partial charge in [-0.25, -0.2) is 8.42 Å². The van der Waals surface area contributed by atoms with E-state index in [1.165, 1.54) is 0 Å². The lowest BCUT2D eigenvalue weighted by molar-refractivity contribution is 0.314. The summed E-state index contributed by atoms with van der Waals surface area (Å²) in [6, 6.07) is 8.39. The van der Waals surface area contributed by atoms with Crippen LogP contribution in [0.4, 0.5) is 0 Å². The van der Waals surface area contributed by atoms with Crippen LogP contribution in [-0.4, -0.2) is 19.3 Å². The van der Waals surface area contributed by atoms with E-state index in [2.05, 4.69) is 5.16 Å². The number of hydrogen-bond donors (Lipinski definition) is 1. The zero-order valence-corrected chi connectivity index (χ0v) is 10.9. The third kappa shape index (κ3) is 2.31. The number of nitrogens with zero attached hydrogens (tertiary/aromatic N) is 1. The third-order valence-corrected chi connectivity index (χ3v) is 5.14. The van der Waals surface area contributed by atoms with Crippen LogP contribution in [-0.2, 0) is 9.84 Å². The van der Waals surface area contributed by atoms with Crippen molar-refractivity contribution in [3.05, 3.63) is 41.3 Å². The highest BCUT2D eigenvalue weighted by Crippen LogP contribution is 2.33. The summed E-state index contributed by atoms with van der Waals surface area (Å²) in [4.78, 5) is 0.734. The lowest BCUT2D eigenvalue weighted by atomic mass is 10.0. The molecule has 0 amide bonds. The van der Waals surface area contributed by atoms with Crippen molar-refractivity contribution in [3.63, 3.8) is 0 Å². The van der Waals surface area contributed by atoms with Crippen LogP contribution in [0.25, 0.3) is 0 Å². The Hall–Kier alpha value is -1.62. The molecule has 0 aromatic heterocycles. The molecule has 0 heterocycles. The Bertz CT molecular complexity index is 588. The maximum absolute atomic E-state index is 12.3. The summed E-state index contributed by atoms with van der Waals surface area (Å²) in [6.45, 7) is 1.70. The topological polar surface area (TPSA) is 66.7 Å². The number of sulfone groups is 1. The molecule has 4 nitrogen and oxygen atoms in total. The molecule has 0 aliphatic heterocycles. The van der Waals surface area contributed by atoms with E-state index >= 15 is 0 Å².